The Morgan fingerprint density at radius 2 is 1.83 bits per heavy atom. The third-order valence-corrected chi connectivity index (χ3v) is 2.59. The first-order valence-corrected chi connectivity index (χ1v) is 6.40. The molecule has 0 bridgehead atoms. The second-order valence-electron chi connectivity index (χ2n) is 4.47. The summed E-state index contributed by atoms with van der Waals surface area (Å²) in [7, 11) is 0. The maximum atomic E-state index is 9.66. The Hall–Kier alpha value is -1.10. The number of aliphatic hydroxyl groups is 2. The van der Waals surface area contributed by atoms with Crippen molar-refractivity contribution in [2.75, 3.05) is 19.7 Å². The van der Waals surface area contributed by atoms with Gasteiger partial charge in [-0.2, -0.15) is 0 Å². The number of ether oxygens (including phenoxy) is 1. The van der Waals surface area contributed by atoms with E-state index in [2.05, 4.69) is 12.2 Å². The maximum absolute atomic E-state index is 9.66. The van der Waals surface area contributed by atoms with E-state index in [1.165, 1.54) is 5.56 Å². The van der Waals surface area contributed by atoms with Gasteiger partial charge in [-0.1, -0.05) is 19.1 Å². The van der Waals surface area contributed by atoms with Gasteiger partial charge in [0.15, 0.2) is 0 Å². The summed E-state index contributed by atoms with van der Waals surface area (Å²) in [5.41, 5.74) is 1.27. The Morgan fingerprint density at radius 1 is 1.17 bits per heavy atom. The lowest BCUT2D eigenvalue weighted by molar-refractivity contribution is 0.101. The summed E-state index contributed by atoms with van der Waals surface area (Å²) in [6.07, 6.45) is 0.0286. The van der Waals surface area contributed by atoms with Gasteiger partial charge in [0, 0.05) is 13.1 Å². The molecule has 0 heterocycles. The molecule has 18 heavy (non-hydrogen) atoms. The van der Waals surface area contributed by atoms with Gasteiger partial charge in [-0.25, -0.2) is 0 Å². The summed E-state index contributed by atoms with van der Waals surface area (Å²) in [6.45, 7) is 4.94. The minimum Gasteiger partial charge on any atom is -0.491 e. The number of hydrogen-bond acceptors (Lipinski definition) is 4. The molecular formula is C14H23NO3. The second kappa shape index (κ2) is 8.08. The van der Waals surface area contributed by atoms with Crippen LogP contribution >= 0.6 is 0 Å². The molecule has 0 amide bonds. The van der Waals surface area contributed by atoms with Gasteiger partial charge in [-0.3, -0.25) is 0 Å². The molecule has 0 aromatic heterocycles. The molecule has 4 heteroatoms. The molecule has 2 unspecified atom stereocenters. The van der Waals surface area contributed by atoms with Gasteiger partial charge < -0.3 is 20.3 Å². The van der Waals surface area contributed by atoms with Gasteiger partial charge in [-0.15, -0.1) is 0 Å². The zero-order chi connectivity index (χ0) is 13.4. The van der Waals surface area contributed by atoms with Gasteiger partial charge >= 0.3 is 0 Å². The second-order valence-corrected chi connectivity index (χ2v) is 4.47. The van der Waals surface area contributed by atoms with Crippen LogP contribution in [0, 0.1) is 0 Å². The van der Waals surface area contributed by atoms with Crippen molar-refractivity contribution < 1.29 is 14.9 Å². The number of aliphatic hydroxyl groups excluding tert-OH is 2. The molecule has 0 aliphatic carbocycles. The first-order valence-electron chi connectivity index (χ1n) is 6.40. The molecule has 0 saturated carbocycles. The Balaban J connectivity index is 2.22. The normalized spacial score (nSPS) is 14.2. The fourth-order valence-corrected chi connectivity index (χ4v) is 1.53. The highest BCUT2D eigenvalue weighted by molar-refractivity contribution is 5.27. The summed E-state index contributed by atoms with van der Waals surface area (Å²) in [5, 5.41) is 21.7. The highest BCUT2D eigenvalue weighted by atomic mass is 16.5. The molecule has 0 spiro atoms. The van der Waals surface area contributed by atoms with E-state index < -0.39 is 12.2 Å². The van der Waals surface area contributed by atoms with E-state index in [1.807, 2.05) is 24.3 Å². The molecule has 0 radical (unpaired) electrons. The SMILES string of the molecule is CCc1ccc(OCC(O)CNCC(C)O)cc1. The van der Waals surface area contributed by atoms with Gasteiger partial charge in [0.05, 0.1) is 6.10 Å². The first-order chi connectivity index (χ1) is 8.61. The maximum Gasteiger partial charge on any atom is 0.119 e. The Kier molecular flexibility index (Phi) is 6.72. The van der Waals surface area contributed by atoms with Crippen LogP contribution in [0.2, 0.25) is 0 Å². The average molecular weight is 253 g/mol. The standard InChI is InChI=1S/C14H23NO3/c1-3-12-4-6-14(7-5-12)18-10-13(17)9-15-8-11(2)16/h4-7,11,13,15-17H,3,8-10H2,1-2H3. The minimum atomic E-state index is -0.574. The Morgan fingerprint density at radius 3 is 2.39 bits per heavy atom. The summed E-state index contributed by atoms with van der Waals surface area (Å²) >= 11 is 0. The van der Waals surface area contributed by atoms with Crippen LogP contribution < -0.4 is 10.1 Å². The summed E-state index contributed by atoms with van der Waals surface area (Å²) in [4.78, 5) is 0. The zero-order valence-corrected chi connectivity index (χ0v) is 11.1. The van der Waals surface area contributed by atoms with Crippen LogP contribution in [0.3, 0.4) is 0 Å². The minimum absolute atomic E-state index is 0.248. The predicted octanol–water partition coefficient (Wildman–Crippen LogP) is 0.959. The van der Waals surface area contributed by atoms with Crippen molar-refractivity contribution in [2.24, 2.45) is 0 Å². The number of nitrogens with one attached hydrogen (secondary N) is 1. The monoisotopic (exact) mass is 253 g/mol. The van der Waals surface area contributed by atoms with Crippen molar-refractivity contribution in [3.63, 3.8) is 0 Å². The van der Waals surface area contributed by atoms with E-state index in [9.17, 15) is 5.11 Å². The lowest BCUT2D eigenvalue weighted by Crippen LogP contribution is -2.35. The van der Waals surface area contributed by atoms with E-state index in [1.54, 1.807) is 6.92 Å². The quantitative estimate of drug-likeness (QED) is 0.646. The van der Waals surface area contributed by atoms with Gasteiger partial charge in [-0.05, 0) is 31.0 Å². The predicted molar refractivity (Wildman–Crippen MR) is 71.9 cm³/mol. The molecule has 0 saturated heterocycles. The third-order valence-electron chi connectivity index (χ3n) is 2.59. The lowest BCUT2D eigenvalue weighted by atomic mass is 10.2. The third kappa shape index (κ3) is 6.00. The largest absolute Gasteiger partial charge is 0.491 e. The molecule has 4 nitrogen and oxygen atoms in total. The zero-order valence-electron chi connectivity index (χ0n) is 11.1. The Bertz CT molecular complexity index is 324. The fourth-order valence-electron chi connectivity index (χ4n) is 1.53. The summed E-state index contributed by atoms with van der Waals surface area (Å²) in [5.74, 6) is 0.766. The lowest BCUT2D eigenvalue weighted by Gasteiger charge is -2.14. The summed E-state index contributed by atoms with van der Waals surface area (Å²) < 4.78 is 5.47. The number of rotatable bonds is 8. The van der Waals surface area contributed by atoms with Crippen LogP contribution in [0.15, 0.2) is 24.3 Å². The molecule has 3 N–H and O–H groups in total. The van der Waals surface area contributed by atoms with Crippen LogP contribution in [0.5, 0.6) is 5.75 Å². The van der Waals surface area contributed by atoms with Crippen molar-refractivity contribution in [3.8, 4) is 5.75 Å². The van der Waals surface area contributed by atoms with E-state index in [-0.39, 0.29) is 6.61 Å². The average Bonchev–Trinajstić information content (AvgIpc) is 2.36. The van der Waals surface area contributed by atoms with Crippen molar-refractivity contribution in [3.05, 3.63) is 29.8 Å². The molecule has 0 aliphatic heterocycles. The molecule has 0 fully saturated rings. The number of aryl methyl sites for hydroxylation is 1. The van der Waals surface area contributed by atoms with Crippen LogP contribution in [-0.4, -0.2) is 42.1 Å². The van der Waals surface area contributed by atoms with E-state index in [0.29, 0.717) is 13.1 Å². The van der Waals surface area contributed by atoms with Crippen molar-refractivity contribution in [1.82, 2.24) is 5.32 Å². The van der Waals surface area contributed by atoms with E-state index in [0.717, 1.165) is 12.2 Å². The molecule has 1 rings (SSSR count). The molecule has 1 aromatic carbocycles. The molecule has 0 aliphatic rings. The van der Waals surface area contributed by atoms with Crippen molar-refractivity contribution >= 4 is 0 Å². The van der Waals surface area contributed by atoms with Crippen LogP contribution in [0.1, 0.15) is 19.4 Å². The highest BCUT2D eigenvalue weighted by Crippen LogP contribution is 2.12. The van der Waals surface area contributed by atoms with E-state index >= 15 is 0 Å². The van der Waals surface area contributed by atoms with Crippen LogP contribution in [0.4, 0.5) is 0 Å². The van der Waals surface area contributed by atoms with Crippen molar-refractivity contribution in [2.45, 2.75) is 32.5 Å². The molecule has 1 aromatic rings. The van der Waals surface area contributed by atoms with Crippen LogP contribution in [0.25, 0.3) is 0 Å². The van der Waals surface area contributed by atoms with Crippen molar-refractivity contribution in [1.29, 1.82) is 0 Å². The fraction of sp³-hybridized carbons (Fsp3) is 0.571. The van der Waals surface area contributed by atoms with Gasteiger partial charge in [0.1, 0.15) is 18.5 Å². The molecule has 102 valence electrons. The van der Waals surface area contributed by atoms with Gasteiger partial charge in [0.2, 0.25) is 0 Å². The highest BCUT2D eigenvalue weighted by Gasteiger charge is 2.05. The number of benzene rings is 1. The topological polar surface area (TPSA) is 61.7 Å². The molecular weight excluding hydrogens is 230 g/mol. The molecule has 2 atom stereocenters. The number of hydrogen-bond donors (Lipinski definition) is 3. The van der Waals surface area contributed by atoms with Gasteiger partial charge in [0.25, 0.3) is 0 Å². The van der Waals surface area contributed by atoms with E-state index in [4.69, 9.17) is 9.84 Å². The smallest absolute Gasteiger partial charge is 0.119 e. The summed E-state index contributed by atoms with van der Waals surface area (Å²) in [6, 6.07) is 7.87. The van der Waals surface area contributed by atoms with Crippen LogP contribution in [-0.2, 0) is 6.42 Å². The first kappa shape index (κ1) is 15.0. The Labute approximate surface area is 109 Å².